The number of thioether (sulfide) groups is 1. The van der Waals surface area contributed by atoms with Crippen LogP contribution in [0.4, 0.5) is 9.18 Å². The predicted molar refractivity (Wildman–Crippen MR) is 98.5 cm³/mol. The normalized spacial score (nSPS) is 19.5. The number of urea groups is 1. The van der Waals surface area contributed by atoms with Crippen molar-refractivity contribution in [2.24, 2.45) is 5.92 Å². The lowest BCUT2D eigenvalue weighted by Gasteiger charge is -2.29. The molecule has 3 rings (SSSR count). The minimum atomic E-state index is -0.489. The van der Waals surface area contributed by atoms with Gasteiger partial charge in [-0.2, -0.15) is 0 Å². The van der Waals surface area contributed by atoms with Crippen molar-refractivity contribution in [3.8, 4) is 11.5 Å². The molecule has 0 radical (unpaired) electrons. The zero-order valence-electron chi connectivity index (χ0n) is 14.9. The van der Waals surface area contributed by atoms with Gasteiger partial charge in [0.25, 0.3) is 11.1 Å². The minimum absolute atomic E-state index is 0.0417. The first-order valence-corrected chi connectivity index (χ1v) is 9.83. The van der Waals surface area contributed by atoms with Gasteiger partial charge < -0.3 is 9.73 Å². The van der Waals surface area contributed by atoms with Gasteiger partial charge in [0, 0.05) is 6.04 Å². The van der Waals surface area contributed by atoms with E-state index in [0.717, 1.165) is 31.0 Å². The lowest BCUT2D eigenvalue weighted by atomic mass is 9.86. The zero-order valence-corrected chi connectivity index (χ0v) is 15.7. The number of nitrogens with zero attached hydrogens (tertiary/aromatic N) is 2. The summed E-state index contributed by atoms with van der Waals surface area (Å²) in [4.78, 5) is 23.9. The van der Waals surface area contributed by atoms with E-state index < -0.39 is 17.8 Å². The quantitative estimate of drug-likeness (QED) is 0.757. The molecule has 1 aromatic heterocycles. The summed E-state index contributed by atoms with van der Waals surface area (Å²) in [5.74, 6) is -0.549. The van der Waals surface area contributed by atoms with Gasteiger partial charge in [0.1, 0.15) is 5.82 Å². The van der Waals surface area contributed by atoms with E-state index in [1.165, 1.54) is 18.6 Å². The maximum absolute atomic E-state index is 13.7. The first-order valence-electron chi connectivity index (χ1n) is 8.84. The number of hydrogen-bond acceptors (Lipinski definition) is 6. The molecule has 2 atom stereocenters. The number of nitrogens with one attached hydrogen (secondary N) is 2. The van der Waals surface area contributed by atoms with Crippen LogP contribution >= 0.6 is 11.8 Å². The van der Waals surface area contributed by atoms with Crippen LogP contribution in [0.5, 0.6) is 0 Å². The van der Waals surface area contributed by atoms with Crippen molar-refractivity contribution in [2.45, 2.75) is 43.9 Å². The number of rotatable bonds is 5. The van der Waals surface area contributed by atoms with Crippen molar-refractivity contribution < 1.29 is 18.4 Å². The van der Waals surface area contributed by atoms with E-state index in [-0.39, 0.29) is 28.5 Å². The molecule has 27 heavy (non-hydrogen) atoms. The summed E-state index contributed by atoms with van der Waals surface area (Å²) in [6, 6.07) is 5.66. The molecule has 7 nitrogen and oxygen atoms in total. The Morgan fingerprint density at radius 3 is 2.81 bits per heavy atom. The molecule has 1 fully saturated rings. The van der Waals surface area contributed by atoms with Gasteiger partial charge >= 0.3 is 6.03 Å². The van der Waals surface area contributed by atoms with Gasteiger partial charge in [0.2, 0.25) is 5.91 Å². The number of aromatic nitrogens is 2. The van der Waals surface area contributed by atoms with E-state index in [9.17, 15) is 14.0 Å². The maximum atomic E-state index is 13.7. The van der Waals surface area contributed by atoms with E-state index in [4.69, 9.17) is 4.42 Å². The number of hydrogen-bond donors (Lipinski definition) is 2. The SMILES string of the molecule is C[C@H]1CCCC[C@@H]1NC(=O)NC(=O)CSc1nnc(-c2ccccc2F)o1. The second-order valence-electron chi connectivity index (χ2n) is 6.53. The molecule has 0 unspecified atom stereocenters. The number of carbonyl (C=O) groups excluding carboxylic acids is 2. The molecule has 0 saturated heterocycles. The number of amides is 3. The molecule has 1 aliphatic rings. The van der Waals surface area contributed by atoms with E-state index in [1.807, 2.05) is 0 Å². The number of benzene rings is 1. The standard InChI is InChI=1S/C18H21FN4O3S/c1-11-6-2-5-9-14(11)20-17(25)21-15(24)10-27-18-23-22-16(26-18)12-7-3-4-8-13(12)19/h3-4,7-8,11,14H,2,5-6,9-10H2,1H3,(H2,20,21,24,25)/t11-,14-/m0/s1. The molecule has 9 heteroatoms. The number of halogens is 1. The highest BCUT2D eigenvalue weighted by Gasteiger charge is 2.23. The van der Waals surface area contributed by atoms with Crippen LogP contribution in [-0.2, 0) is 4.79 Å². The third-order valence-electron chi connectivity index (χ3n) is 4.52. The van der Waals surface area contributed by atoms with Gasteiger partial charge in [0.05, 0.1) is 11.3 Å². The fourth-order valence-corrected chi connectivity index (χ4v) is 3.60. The molecule has 1 aliphatic carbocycles. The number of imide groups is 1. The summed E-state index contributed by atoms with van der Waals surface area (Å²) in [7, 11) is 0. The molecule has 1 aromatic carbocycles. The summed E-state index contributed by atoms with van der Waals surface area (Å²) < 4.78 is 19.1. The van der Waals surface area contributed by atoms with Gasteiger partial charge in [-0.05, 0) is 30.9 Å². The highest BCUT2D eigenvalue weighted by Crippen LogP contribution is 2.25. The van der Waals surface area contributed by atoms with E-state index >= 15 is 0 Å². The third-order valence-corrected chi connectivity index (χ3v) is 5.34. The van der Waals surface area contributed by atoms with Crippen molar-refractivity contribution in [1.82, 2.24) is 20.8 Å². The van der Waals surface area contributed by atoms with E-state index in [1.54, 1.807) is 12.1 Å². The fourth-order valence-electron chi connectivity index (χ4n) is 3.04. The molecule has 0 spiro atoms. The molecule has 0 bridgehead atoms. The largest absolute Gasteiger partial charge is 0.411 e. The summed E-state index contributed by atoms with van der Waals surface area (Å²) in [6.45, 7) is 2.10. The molecule has 1 saturated carbocycles. The topological polar surface area (TPSA) is 97.1 Å². The van der Waals surface area contributed by atoms with Crippen molar-refractivity contribution >= 4 is 23.7 Å². The highest BCUT2D eigenvalue weighted by molar-refractivity contribution is 7.99. The van der Waals surface area contributed by atoms with Gasteiger partial charge in [-0.3, -0.25) is 10.1 Å². The van der Waals surface area contributed by atoms with E-state index in [0.29, 0.717) is 5.92 Å². The summed E-state index contributed by atoms with van der Waals surface area (Å²) >= 11 is 0.984. The van der Waals surface area contributed by atoms with Crippen LogP contribution in [0.25, 0.3) is 11.5 Å². The Morgan fingerprint density at radius 2 is 2.04 bits per heavy atom. The Hall–Kier alpha value is -2.42. The lowest BCUT2D eigenvalue weighted by Crippen LogP contribution is -2.48. The van der Waals surface area contributed by atoms with Gasteiger partial charge in [-0.15, -0.1) is 10.2 Å². The smallest absolute Gasteiger partial charge is 0.321 e. The summed E-state index contributed by atoms with van der Waals surface area (Å²) in [6.07, 6.45) is 4.27. The van der Waals surface area contributed by atoms with Crippen molar-refractivity contribution in [1.29, 1.82) is 0 Å². The third kappa shape index (κ3) is 5.29. The van der Waals surface area contributed by atoms with Gasteiger partial charge in [-0.25, -0.2) is 9.18 Å². The van der Waals surface area contributed by atoms with Crippen LogP contribution in [0.3, 0.4) is 0 Å². The zero-order chi connectivity index (χ0) is 19.2. The molecule has 2 N–H and O–H groups in total. The van der Waals surface area contributed by atoms with E-state index in [2.05, 4.69) is 27.8 Å². The number of carbonyl (C=O) groups is 2. The van der Waals surface area contributed by atoms with Crippen LogP contribution in [0.1, 0.15) is 32.6 Å². The van der Waals surface area contributed by atoms with Crippen molar-refractivity contribution in [3.63, 3.8) is 0 Å². The Balaban J connectivity index is 1.47. The monoisotopic (exact) mass is 392 g/mol. The molecule has 0 aliphatic heterocycles. The van der Waals surface area contributed by atoms with Gasteiger partial charge in [-0.1, -0.05) is 43.7 Å². The molecule has 3 amide bonds. The second kappa shape index (κ2) is 8.98. The van der Waals surface area contributed by atoms with Gasteiger partial charge in [0.15, 0.2) is 0 Å². The Bertz CT molecular complexity index is 813. The van der Waals surface area contributed by atoms with Crippen LogP contribution in [0.2, 0.25) is 0 Å². The highest BCUT2D eigenvalue weighted by atomic mass is 32.2. The maximum Gasteiger partial charge on any atom is 0.321 e. The predicted octanol–water partition coefficient (Wildman–Crippen LogP) is 3.37. The van der Waals surface area contributed by atoms with Crippen LogP contribution < -0.4 is 10.6 Å². The van der Waals surface area contributed by atoms with Crippen molar-refractivity contribution in [2.75, 3.05) is 5.75 Å². The summed E-state index contributed by atoms with van der Waals surface area (Å²) in [5, 5.41) is 12.9. The Labute approximate surface area is 160 Å². The molecule has 1 heterocycles. The second-order valence-corrected chi connectivity index (χ2v) is 7.46. The van der Waals surface area contributed by atoms with Crippen LogP contribution in [0, 0.1) is 11.7 Å². The first kappa shape index (κ1) is 19.3. The molecular weight excluding hydrogens is 371 g/mol. The average Bonchev–Trinajstić information content (AvgIpc) is 3.11. The van der Waals surface area contributed by atoms with Crippen molar-refractivity contribution in [3.05, 3.63) is 30.1 Å². The molecule has 2 aromatic rings. The molecule has 144 valence electrons. The van der Waals surface area contributed by atoms with Crippen LogP contribution in [0.15, 0.2) is 33.9 Å². The Kier molecular flexibility index (Phi) is 6.44. The average molecular weight is 392 g/mol. The minimum Gasteiger partial charge on any atom is -0.411 e. The van der Waals surface area contributed by atoms with Crippen LogP contribution in [-0.4, -0.2) is 33.9 Å². The lowest BCUT2D eigenvalue weighted by molar-refractivity contribution is -0.117. The summed E-state index contributed by atoms with van der Waals surface area (Å²) in [5.41, 5.74) is 0.197. The Morgan fingerprint density at radius 1 is 1.26 bits per heavy atom. The first-order chi connectivity index (χ1) is 13.0. The fraction of sp³-hybridized carbons (Fsp3) is 0.444. The molecular formula is C18H21FN4O3S.